The molecule has 0 bridgehead atoms. The Labute approximate surface area is 123 Å². The molecule has 0 amide bonds. The molecule has 0 aliphatic carbocycles. The molecule has 2 aromatic rings. The van der Waals surface area contributed by atoms with Crippen LogP contribution >= 0.6 is 0 Å². The van der Waals surface area contributed by atoms with E-state index in [4.69, 9.17) is 5.11 Å². The van der Waals surface area contributed by atoms with E-state index in [0.29, 0.717) is 12.4 Å². The number of aliphatic carboxylic acids is 1. The Balaban J connectivity index is 2.28. The number of carboxylic acids is 1. The minimum atomic E-state index is -0.853. The van der Waals surface area contributed by atoms with Crippen molar-refractivity contribution in [1.82, 2.24) is 25.1 Å². The molecule has 0 saturated carbocycles. The number of hydrogen-bond donors (Lipinski definition) is 1. The van der Waals surface area contributed by atoms with Gasteiger partial charge in [0.1, 0.15) is 0 Å². The molecule has 2 rings (SSSR count). The van der Waals surface area contributed by atoms with Gasteiger partial charge < -0.3 is 5.11 Å². The van der Waals surface area contributed by atoms with Gasteiger partial charge in [-0.1, -0.05) is 25.1 Å². The van der Waals surface area contributed by atoms with Crippen LogP contribution in [0.15, 0.2) is 30.3 Å². The standard InChI is InChI=1S/C14H19N5O2/c1-3-9-18(10-13(20)21)11(2)14-15-16-17-19(14)12-7-5-4-6-8-12/h4-8,11H,3,9-10H2,1-2H3,(H,20,21). The summed E-state index contributed by atoms with van der Waals surface area (Å²) < 4.78 is 1.65. The fourth-order valence-electron chi connectivity index (χ4n) is 2.24. The van der Waals surface area contributed by atoms with E-state index in [-0.39, 0.29) is 12.6 Å². The predicted molar refractivity (Wildman–Crippen MR) is 77.1 cm³/mol. The number of carbonyl (C=O) groups is 1. The molecule has 0 aliphatic heterocycles. The van der Waals surface area contributed by atoms with Crippen molar-refractivity contribution in [3.05, 3.63) is 36.2 Å². The van der Waals surface area contributed by atoms with Crippen LogP contribution in [0.5, 0.6) is 0 Å². The zero-order valence-electron chi connectivity index (χ0n) is 12.2. The van der Waals surface area contributed by atoms with Crippen molar-refractivity contribution in [2.75, 3.05) is 13.1 Å². The van der Waals surface area contributed by atoms with E-state index < -0.39 is 5.97 Å². The first-order valence-electron chi connectivity index (χ1n) is 6.93. The summed E-state index contributed by atoms with van der Waals surface area (Å²) in [5.74, 6) is -0.218. The first kappa shape index (κ1) is 15.1. The summed E-state index contributed by atoms with van der Waals surface area (Å²) in [5, 5.41) is 20.9. The second-order valence-corrected chi connectivity index (χ2v) is 4.82. The van der Waals surface area contributed by atoms with E-state index in [1.54, 1.807) is 4.68 Å². The van der Waals surface area contributed by atoms with Gasteiger partial charge in [-0.3, -0.25) is 9.69 Å². The summed E-state index contributed by atoms with van der Waals surface area (Å²) in [6.45, 7) is 4.58. The zero-order valence-corrected chi connectivity index (χ0v) is 12.2. The summed E-state index contributed by atoms with van der Waals surface area (Å²) in [6.07, 6.45) is 0.866. The van der Waals surface area contributed by atoms with E-state index in [2.05, 4.69) is 15.5 Å². The SMILES string of the molecule is CCCN(CC(=O)O)C(C)c1nnnn1-c1ccccc1. The molecule has 0 fully saturated rings. The van der Waals surface area contributed by atoms with Gasteiger partial charge in [0.15, 0.2) is 5.82 Å². The lowest BCUT2D eigenvalue weighted by Crippen LogP contribution is -2.34. The molecular weight excluding hydrogens is 270 g/mol. The second kappa shape index (κ2) is 6.94. The molecule has 0 spiro atoms. The van der Waals surface area contributed by atoms with Gasteiger partial charge in [-0.15, -0.1) is 5.10 Å². The molecule has 1 aromatic carbocycles. The number of benzene rings is 1. The van der Waals surface area contributed by atoms with Crippen molar-refractivity contribution in [1.29, 1.82) is 0 Å². The molecule has 0 aliphatic rings. The van der Waals surface area contributed by atoms with E-state index in [0.717, 1.165) is 12.1 Å². The van der Waals surface area contributed by atoms with Gasteiger partial charge in [-0.05, 0) is 42.4 Å². The lowest BCUT2D eigenvalue weighted by molar-refractivity contribution is -0.138. The van der Waals surface area contributed by atoms with Gasteiger partial charge in [-0.2, -0.15) is 4.68 Å². The smallest absolute Gasteiger partial charge is 0.317 e. The molecule has 1 atom stereocenters. The van der Waals surface area contributed by atoms with Crippen LogP contribution in [0.3, 0.4) is 0 Å². The summed E-state index contributed by atoms with van der Waals surface area (Å²) in [5.41, 5.74) is 0.858. The second-order valence-electron chi connectivity index (χ2n) is 4.82. The van der Waals surface area contributed by atoms with Crippen LogP contribution in [0.4, 0.5) is 0 Å². The van der Waals surface area contributed by atoms with Gasteiger partial charge in [0.2, 0.25) is 0 Å². The van der Waals surface area contributed by atoms with Crippen LogP contribution in [0.2, 0.25) is 0 Å². The highest BCUT2D eigenvalue weighted by Gasteiger charge is 2.23. The van der Waals surface area contributed by atoms with Crippen molar-refractivity contribution in [2.24, 2.45) is 0 Å². The molecule has 21 heavy (non-hydrogen) atoms. The quantitative estimate of drug-likeness (QED) is 0.832. The van der Waals surface area contributed by atoms with Crippen molar-refractivity contribution in [2.45, 2.75) is 26.3 Å². The molecule has 1 unspecified atom stereocenters. The number of hydrogen-bond acceptors (Lipinski definition) is 5. The van der Waals surface area contributed by atoms with E-state index in [1.165, 1.54) is 0 Å². The van der Waals surface area contributed by atoms with Crippen LogP contribution in [-0.2, 0) is 4.79 Å². The third-order valence-corrected chi connectivity index (χ3v) is 3.26. The highest BCUT2D eigenvalue weighted by atomic mass is 16.4. The van der Waals surface area contributed by atoms with Crippen LogP contribution in [0.25, 0.3) is 5.69 Å². The van der Waals surface area contributed by atoms with Crippen molar-refractivity contribution >= 4 is 5.97 Å². The van der Waals surface area contributed by atoms with Crippen LogP contribution in [0.1, 0.15) is 32.1 Å². The summed E-state index contributed by atoms with van der Waals surface area (Å²) in [4.78, 5) is 12.9. The molecule has 7 nitrogen and oxygen atoms in total. The maximum Gasteiger partial charge on any atom is 0.317 e. The number of carboxylic acid groups (broad SMARTS) is 1. The van der Waals surface area contributed by atoms with E-state index in [9.17, 15) is 4.79 Å². The maximum atomic E-state index is 11.0. The number of nitrogens with zero attached hydrogens (tertiary/aromatic N) is 5. The highest BCUT2D eigenvalue weighted by Crippen LogP contribution is 2.20. The first-order valence-corrected chi connectivity index (χ1v) is 6.93. The monoisotopic (exact) mass is 289 g/mol. The van der Waals surface area contributed by atoms with Crippen molar-refractivity contribution in [3.8, 4) is 5.69 Å². The van der Waals surface area contributed by atoms with Gasteiger partial charge in [0.05, 0.1) is 18.3 Å². The Morgan fingerprint density at radius 2 is 2.10 bits per heavy atom. The summed E-state index contributed by atoms with van der Waals surface area (Å²) in [6, 6.07) is 9.38. The van der Waals surface area contributed by atoms with Gasteiger partial charge in [-0.25, -0.2) is 0 Å². The van der Waals surface area contributed by atoms with Gasteiger partial charge in [0, 0.05) is 0 Å². The Morgan fingerprint density at radius 1 is 1.38 bits per heavy atom. The fraction of sp³-hybridized carbons (Fsp3) is 0.429. The van der Waals surface area contributed by atoms with Crippen LogP contribution < -0.4 is 0 Å². The Bertz CT molecular complexity index is 584. The minimum Gasteiger partial charge on any atom is -0.480 e. The Kier molecular flexibility index (Phi) is 4.99. The number of tetrazole rings is 1. The van der Waals surface area contributed by atoms with Gasteiger partial charge >= 0.3 is 5.97 Å². The fourth-order valence-corrected chi connectivity index (χ4v) is 2.24. The number of para-hydroxylation sites is 1. The van der Waals surface area contributed by atoms with E-state index >= 15 is 0 Å². The van der Waals surface area contributed by atoms with E-state index in [1.807, 2.05) is 49.1 Å². The lowest BCUT2D eigenvalue weighted by atomic mass is 10.2. The molecule has 112 valence electrons. The lowest BCUT2D eigenvalue weighted by Gasteiger charge is -2.26. The molecule has 1 heterocycles. The highest BCUT2D eigenvalue weighted by molar-refractivity contribution is 5.69. The first-order chi connectivity index (χ1) is 10.1. The molecule has 1 aromatic heterocycles. The van der Waals surface area contributed by atoms with Crippen molar-refractivity contribution in [3.63, 3.8) is 0 Å². The molecule has 7 heteroatoms. The summed E-state index contributed by atoms with van der Waals surface area (Å²) in [7, 11) is 0. The average Bonchev–Trinajstić information content (AvgIpc) is 2.96. The Hall–Kier alpha value is -2.28. The molecule has 0 radical (unpaired) electrons. The third-order valence-electron chi connectivity index (χ3n) is 3.26. The summed E-state index contributed by atoms with van der Waals surface area (Å²) >= 11 is 0. The molecule has 1 N–H and O–H groups in total. The van der Waals surface area contributed by atoms with Crippen LogP contribution in [-0.4, -0.2) is 49.3 Å². The third kappa shape index (κ3) is 3.63. The normalized spacial score (nSPS) is 12.5. The Morgan fingerprint density at radius 3 is 2.71 bits per heavy atom. The van der Waals surface area contributed by atoms with Crippen molar-refractivity contribution < 1.29 is 9.90 Å². The minimum absolute atomic E-state index is 0.0311. The zero-order chi connectivity index (χ0) is 15.2. The largest absolute Gasteiger partial charge is 0.480 e. The van der Waals surface area contributed by atoms with Crippen LogP contribution in [0, 0.1) is 0 Å². The predicted octanol–water partition coefficient (Wildman–Crippen LogP) is 1.52. The number of aromatic nitrogens is 4. The molecule has 0 saturated heterocycles. The van der Waals surface area contributed by atoms with Gasteiger partial charge in [0.25, 0.3) is 0 Å². The number of rotatable bonds is 7. The molecular formula is C14H19N5O2. The topological polar surface area (TPSA) is 84.1 Å². The average molecular weight is 289 g/mol. The maximum absolute atomic E-state index is 11.0.